The molecule has 1 aliphatic rings. The van der Waals surface area contributed by atoms with E-state index in [0.29, 0.717) is 5.02 Å². The first-order valence-electron chi connectivity index (χ1n) is 7.77. The molecule has 1 aliphatic heterocycles. The van der Waals surface area contributed by atoms with Crippen LogP contribution in [0, 0.1) is 0 Å². The second-order valence-corrected chi connectivity index (χ2v) is 6.18. The van der Waals surface area contributed by atoms with Crippen LogP contribution in [0.5, 0.6) is 0 Å². The van der Waals surface area contributed by atoms with Gasteiger partial charge in [0, 0.05) is 23.5 Å². The van der Waals surface area contributed by atoms with Crippen molar-refractivity contribution >= 4 is 28.3 Å². The minimum Gasteiger partial charge on any atom is -0.356 e. The molecule has 1 saturated heterocycles. The van der Waals surface area contributed by atoms with Gasteiger partial charge in [-0.15, -0.1) is 0 Å². The Morgan fingerprint density at radius 1 is 1.00 bits per heavy atom. The SMILES string of the molecule is O=c1nc(N2CCCC2)c2ccc(Cl)cc2n1-c1ccccc1. The van der Waals surface area contributed by atoms with Crippen molar-refractivity contribution in [3.05, 3.63) is 64.0 Å². The van der Waals surface area contributed by atoms with E-state index in [0.717, 1.165) is 48.3 Å². The predicted octanol–water partition coefficient (Wildman–Crippen LogP) is 3.64. The number of fused-ring (bicyclic) bond motifs is 1. The molecule has 3 aromatic rings. The fourth-order valence-electron chi connectivity index (χ4n) is 3.18. The van der Waals surface area contributed by atoms with E-state index < -0.39 is 0 Å². The molecule has 116 valence electrons. The van der Waals surface area contributed by atoms with Gasteiger partial charge >= 0.3 is 5.69 Å². The van der Waals surface area contributed by atoms with Crippen LogP contribution < -0.4 is 10.6 Å². The molecule has 0 unspecified atom stereocenters. The molecule has 1 fully saturated rings. The Balaban J connectivity index is 2.04. The quantitative estimate of drug-likeness (QED) is 0.722. The number of nitrogens with zero attached hydrogens (tertiary/aromatic N) is 3. The lowest BCUT2D eigenvalue weighted by atomic mass is 10.2. The summed E-state index contributed by atoms with van der Waals surface area (Å²) in [6.45, 7) is 1.89. The molecular weight excluding hydrogens is 310 g/mol. The Morgan fingerprint density at radius 2 is 1.74 bits per heavy atom. The summed E-state index contributed by atoms with van der Waals surface area (Å²) >= 11 is 6.19. The van der Waals surface area contributed by atoms with E-state index in [1.807, 2.05) is 48.5 Å². The van der Waals surface area contributed by atoms with E-state index in [1.165, 1.54) is 0 Å². The maximum Gasteiger partial charge on any atom is 0.354 e. The summed E-state index contributed by atoms with van der Waals surface area (Å²) in [4.78, 5) is 19.3. The van der Waals surface area contributed by atoms with Gasteiger partial charge in [0.05, 0.1) is 11.2 Å². The Kier molecular flexibility index (Phi) is 3.54. The summed E-state index contributed by atoms with van der Waals surface area (Å²) in [6, 6.07) is 15.2. The number of para-hydroxylation sites is 1. The molecule has 0 saturated carbocycles. The molecule has 0 atom stereocenters. The van der Waals surface area contributed by atoms with Crippen molar-refractivity contribution in [3.63, 3.8) is 0 Å². The molecule has 0 spiro atoms. The highest BCUT2D eigenvalue weighted by Gasteiger charge is 2.19. The van der Waals surface area contributed by atoms with Crippen LogP contribution in [0.25, 0.3) is 16.6 Å². The Morgan fingerprint density at radius 3 is 2.48 bits per heavy atom. The smallest absolute Gasteiger partial charge is 0.354 e. The topological polar surface area (TPSA) is 38.1 Å². The van der Waals surface area contributed by atoms with Gasteiger partial charge in [-0.05, 0) is 43.2 Å². The van der Waals surface area contributed by atoms with E-state index in [-0.39, 0.29) is 5.69 Å². The van der Waals surface area contributed by atoms with Crippen LogP contribution in [0.1, 0.15) is 12.8 Å². The van der Waals surface area contributed by atoms with Gasteiger partial charge in [-0.3, -0.25) is 4.57 Å². The lowest BCUT2D eigenvalue weighted by molar-refractivity contribution is 0.894. The van der Waals surface area contributed by atoms with Crippen molar-refractivity contribution in [2.24, 2.45) is 0 Å². The average Bonchev–Trinajstić information content (AvgIpc) is 3.09. The Labute approximate surface area is 138 Å². The van der Waals surface area contributed by atoms with Gasteiger partial charge in [-0.2, -0.15) is 4.98 Å². The van der Waals surface area contributed by atoms with Crippen LogP contribution in [-0.4, -0.2) is 22.6 Å². The number of hydrogen-bond acceptors (Lipinski definition) is 3. The zero-order valence-electron chi connectivity index (χ0n) is 12.6. The van der Waals surface area contributed by atoms with Crippen LogP contribution in [0.4, 0.5) is 5.82 Å². The van der Waals surface area contributed by atoms with Gasteiger partial charge in [0.1, 0.15) is 5.82 Å². The number of halogens is 1. The zero-order chi connectivity index (χ0) is 15.8. The monoisotopic (exact) mass is 325 g/mol. The summed E-state index contributed by atoms with van der Waals surface area (Å²) < 4.78 is 1.63. The Bertz CT molecular complexity index is 915. The first-order chi connectivity index (χ1) is 11.2. The minimum atomic E-state index is -0.270. The molecule has 0 bridgehead atoms. The van der Waals surface area contributed by atoms with Gasteiger partial charge in [-0.1, -0.05) is 29.8 Å². The van der Waals surface area contributed by atoms with Crippen LogP contribution in [0.2, 0.25) is 5.02 Å². The molecule has 2 aromatic carbocycles. The third kappa shape index (κ3) is 2.49. The molecule has 0 aliphatic carbocycles. The summed E-state index contributed by atoms with van der Waals surface area (Å²) in [5, 5.41) is 1.57. The van der Waals surface area contributed by atoms with E-state index in [4.69, 9.17) is 11.6 Å². The van der Waals surface area contributed by atoms with Gasteiger partial charge in [0.25, 0.3) is 0 Å². The van der Waals surface area contributed by atoms with Crippen molar-refractivity contribution in [2.75, 3.05) is 18.0 Å². The number of hydrogen-bond donors (Lipinski definition) is 0. The van der Waals surface area contributed by atoms with Gasteiger partial charge < -0.3 is 4.90 Å². The molecule has 4 rings (SSSR count). The van der Waals surface area contributed by atoms with E-state index in [9.17, 15) is 4.79 Å². The predicted molar refractivity (Wildman–Crippen MR) is 93.8 cm³/mol. The first kappa shape index (κ1) is 14.3. The van der Waals surface area contributed by atoms with E-state index in [2.05, 4.69) is 9.88 Å². The maximum atomic E-state index is 12.7. The molecule has 4 nitrogen and oxygen atoms in total. The molecule has 1 aromatic heterocycles. The molecule has 23 heavy (non-hydrogen) atoms. The molecule has 0 N–H and O–H groups in total. The first-order valence-corrected chi connectivity index (χ1v) is 8.14. The van der Waals surface area contributed by atoms with Crippen LogP contribution in [0.15, 0.2) is 53.3 Å². The molecule has 0 amide bonds. The standard InChI is InChI=1S/C18H16ClN3O/c19-13-8-9-15-16(12-13)22(14-6-2-1-3-7-14)18(23)20-17(15)21-10-4-5-11-21/h1-3,6-9,12H,4-5,10-11H2. The number of benzene rings is 2. The van der Waals surface area contributed by atoms with Crippen LogP contribution in [0.3, 0.4) is 0 Å². The lowest BCUT2D eigenvalue weighted by Gasteiger charge is -2.20. The highest BCUT2D eigenvalue weighted by atomic mass is 35.5. The fraction of sp³-hybridized carbons (Fsp3) is 0.222. The van der Waals surface area contributed by atoms with Crippen LogP contribution >= 0.6 is 11.6 Å². The van der Waals surface area contributed by atoms with E-state index in [1.54, 1.807) is 4.57 Å². The average molecular weight is 326 g/mol. The lowest BCUT2D eigenvalue weighted by Crippen LogP contribution is -2.28. The second-order valence-electron chi connectivity index (χ2n) is 5.74. The number of anilines is 1. The maximum absolute atomic E-state index is 12.7. The van der Waals surface area contributed by atoms with Crippen molar-refractivity contribution in [3.8, 4) is 5.69 Å². The third-order valence-electron chi connectivity index (χ3n) is 4.25. The highest BCUT2D eigenvalue weighted by Crippen LogP contribution is 2.29. The molecular formula is C18H16ClN3O. The molecule has 5 heteroatoms. The summed E-state index contributed by atoms with van der Waals surface area (Å²) in [6.07, 6.45) is 2.27. The number of aromatic nitrogens is 2. The van der Waals surface area contributed by atoms with Crippen LogP contribution in [-0.2, 0) is 0 Å². The minimum absolute atomic E-state index is 0.270. The van der Waals surface area contributed by atoms with Crippen molar-refractivity contribution in [2.45, 2.75) is 12.8 Å². The normalized spacial score (nSPS) is 14.6. The highest BCUT2D eigenvalue weighted by molar-refractivity contribution is 6.31. The number of rotatable bonds is 2. The Hall–Kier alpha value is -2.33. The van der Waals surface area contributed by atoms with Crippen molar-refractivity contribution in [1.82, 2.24) is 9.55 Å². The fourth-order valence-corrected chi connectivity index (χ4v) is 3.35. The second kappa shape index (κ2) is 5.70. The third-order valence-corrected chi connectivity index (χ3v) is 4.49. The zero-order valence-corrected chi connectivity index (χ0v) is 13.3. The molecule has 0 radical (unpaired) electrons. The molecule has 2 heterocycles. The van der Waals surface area contributed by atoms with Crippen molar-refractivity contribution < 1.29 is 0 Å². The largest absolute Gasteiger partial charge is 0.356 e. The summed E-state index contributed by atoms with van der Waals surface area (Å²) in [5.41, 5.74) is 1.32. The summed E-state index contributed by atoms with van der Waals surface area (Å²) in [5.74, 6) is 0.770. The van der Waals surface area contributed by atoms with Gasteiger partial charge in [0.15, 0.2) is 0 Å². The van der Waals surface area contributed by atoms with Crippen molar-refractivity contribution in [1.29, 1.82) is 0 Å². The van der Waals surface area contributed by atoms with E-state index >= 15 is 0 Å². The summed E-state index contributed by atoms with van der Waals surface area (Å²) in [7, 11) is 0. The van der Waals surface area contributed by atoms with Gasteiger partial charge in [0.2, 0.25) is 0 Å². The van der Waals surface area contributed by atoms with Gasteiger partial charge in [-0.25, -0.2) is 4.79 Å².